The van der Waals surface area contributed by atoms with Gasteiger partial charge < -0.3 is 13.9 Å². The molecule has 6 nitrogen and oxygen atoms in total. The molecule has 0 bridgehead atoms. The van der Waals surface area contributed by atoms with E-state index in [2.05, 4.69) is 11.1 Å². The SMILES string of the molecule is CCOC(=O)c1c(C)oc2c1c1c(c3ccccc32)OC[NH+](Cc2cccc[nH+]2)C1. The number of aryl methyl sites for hydroxylation is 1. The molecular formula is C24H24N2O4+2. The summed E-state index contributed by atoms with van der Waals surface area (Å²) in [5, 5.41) is 2.77. The molecule has 0 aliphatic carbocycles. The van der Waals surface area contributed by atoms with E-state index in [0.717, 1.165) is 51.8 Å². The van der Waals surface area contributed by atoms with E-state index < -0.39 is 0 Å². The van der Waals surface area contributed by atoms with Crippen LogP contribution < -0.4 is 14.6 Å². The fourth-order valence-corrected chi connectivity index (χ4v) is 4.36. The number of esters is 1. The van der Waals surface area contributed by atoms with E-state index in [1.807, 2.05) is 56.4 Å². The predicted octanol–water partition coefficient (Wildman–Crippen LogP) is 2.82. The molecule has 2 aromatic carbocycles. The van der Waals surface area contributed by atoms with Crippen LogP contribution in [-0.4, -0.2) is 19.3 Å². The Bertz CT molecular complexity index is 1250. The molecule has 0 saturated carbocycles. The van der Waals surface area contributed by atoms with Gasteiger partial charge in [-0.3, -0.25) is 4.90 Å². The van der Waals surface area contributed by atoms with Crippen LogP contribution in [0.1, 0.15) is 34.3 Å². The number of rotatable bonds is 4. The first-order valence-corrected chi connectivity index (χ1v) is 10.2. The van der Waals surface area contributed by atoms with Crippen LogP contribution in [-0.2, 0) is 17.8 Å². The van der Waals surface area contributed by atoms with Crippen LogP contribution in [0.2, 0.25) is 0 Å². The highest BCUT2D eigenvalue weighted by molar-refractivity contribution is 6.16. The minimum absolute atomic E-state index is 0.318. The Labute approximate surface area is 174 Å². The maximum Gasteiger partial charge on any atom is 0.342 e. The molecule has 0 amide bonds. The Kier molecular flexibility index (Phi) is 4.64. The maximum absolute atomic E-state index is 12.8. The van der Waals surface area contributed by atoms with Gasteiger partial charge in [0.2, 0.25) is 12.4 Å². The summed E-state index contributed by atoms with van der Waals surface area (Å²) < 4.78 is 17.8. The molecule has 1 unspecified atom stereocenters. The molecule has 6 heteroatoms. The van der Waals surface area contributed by atoms with E-state index in [-0.39, 0.29) is 5.97 Å². The van der Waals surface area contributed by atoms with Crippen LogP contribution in [0.3, 0.4) is 0 Å². The summed E-state index contributed by atoms with van der Waals surface area (Å²) in [7, 11) is 0. The van der Waals surface area contributed by atoms with Gasteiger partial charge in [-0.2, -0.15) is 0 Å². The van der Waals surface area contributed by atoms with Crippen molar-refractivity contribution in [1.29, 1.82) is 0 Å². The standard InChI is InChI=1S/C24H22N2O4/c1-3-28-24(27)20-15(2)30-23-18-10-5-4-9-17(18)22-19(21(20)23)13-26(14-29-22)12-16-8-6-7-11-25-16/h4-11H,3,12-14H2,1-2H3/p+2. The van der Waals surface area contributed by atoms with Crippen molar-refractivity contribution in [2.45, 2.75) is 26.9 Å². The second kappa shape index (κ2) is 7.46. The van der Waals surface area contributed by atoms with Gasteiger partial charge in [0, 0.05) is 28.3 Å². The smallest absolute Gasteiger partial charge is 0.342 e. The Morgan fingerprint density at radius 3 is 2.73 bits per heavy atom. The number of fused-ring (bicyclic) bond motifs is 6. The van der Waals surface area contributed by atoms with E-state index in [1.165, 1.54) is 4.90 Å². The minimum Gasteiger partial charge on any atom is -0.462 e. The van der Waals surface area contributed by atoms with Crippen LogP contribution in [0, 0.1) is 6.92 Å². The number of nitrogens with one attached hydrogen (secondary N) is 2. The first kappa shape index (κ1) is 18.6. The fraction of sp³-hybridized carbons (Fsp3) is 0.250. The Morgan fingerprint density at radius 1 is 1.17 bits per heavy atom. The van der Waals surface area contributed by atoms with Gasteiger partial charge in [0.05, 0.1) is 12.2 Å². The van der Waals surface area contributed by atoms with Gasteiger partial charge in [0.25, 0.3) is 0 Å². The fourth-order valence-electron chi connectivity index (χ4n) is 4.36. The van der Waals surface area contributed by atoms with Crippen molar-refractivity contribution in [2.24, 2.45) is 0 Å². The van der Waals surface area contributed by atoms with Gasteiger partial charge in [-0.25, -0.2) is 9.78 Å². The third-order valence-electron chi connectivity index (χ3n) is 5.62. The van der Waals surface area contributed by atoms with E-state index in [4.69, 9.17) is 13.9 Å². The second-order valence-corrected chi connectivity index (χ2v) is 7.59. The minimum atomic E-state index is -0.352. The zero-order chi connectivity index (χ0) is 20.7. The zero-order valence-electron chi connectivity index (χ0n) is 17.1. The molecule has 0 fully saturated rings. The Morgan fingerprint density at radius 2 is 1.97 bits per heavy atom. The number of hydrogen-bond acceptors (Lipinski definition) is 4. The molecule has 0 spiro atoms. The average molecular weight is 404 g/mol. The predicted molar refractivity (Wildman–Crippen MR) is 111 cm³/mol. The average Bonchev–Trinajstić information content (AvgIpc) is 3.12. The molecule has 152 valence electrons. The maximum atomic E-state index is 12.8. The third-order valence-corrected chi connectivity index (χ3v) is 5.62. The molecule has 1 aliphatic heterocycles. The molecule has 1 atom stereocenters. The van der Waals surface area contributed by atoms with E-state index in [9.17, 15) is 4.79 Å². The molecule has 0 radical (unpaired) electrons. The third kappa shape index (κ3) is 3.00. The van der Waals surface area contributed by atoms with E-state index in [1.54, 1.807) is 0 Å². The van der Waals surface area contributed by atoms with Crippen LogP contribution >= 0.6 is 0 Å². The molecule has 4 aromatic rings. The van der Waals surface area contributed by atoms with Gasteiger partial charge in [0.15, 0.2) is 12.7 Å². The van der Waals surface area contributed by atoms with E-state index >= 15 is 0 Å². The lowest BCUT2D eigenvalue weighted by Crippen LogP contribution is -3.11. The first-order chi connectivity index (χ1) is 14.7. The largest absolute Gasteiger partial charge is 0.462 e. The lowest BCUT2D eigenvalue weighted by atomic mass is 9.96. The number of carbonyl (C=O) groups is 1. The molecule has 3 heterocycles. The van der Waals surface area contributed by atoms with Crippen molar-refractivity contribution in [2.75, 3.05) is 13.3 Å². The summed E-state index contributed by atoms with van der Waals surface area (Å²) in [5.74, 6) is 1.06. The van der Waals surface area contributed by atoms with Crippen LogP contribution in [0.5, 0.6) is 5.75 Å². The van der Waals surface area contributed by atoms with Crippen LogP contribution in [0.4, 0.5) is 0 Å². The number of benzene rings is 2. The summed E-state index contributed by atoms with van der Waals surface area (Å²) in [6.07, 6.45) is 1.93. The van der Waals surface area contributed by atoms with Gasteiger partial charge >= 0.3 is 5.97 Å². The highest BCUT2D eigenvalue weighted by Crippen LogP contribution is 2.42. The Hall–Kier alpha value is -3.38. The first-order valence-electron chi connectivity index (χ1n) is 10.2. The van der Waals surface area contributed by atoms with Gasteiger partial charge in [-0.15, -0.1) is 0 Å². The van der Waals surface area contributed by atoms with Gasteiger partial charge in [0.1, 0.15) is 29.2 Å². The molecule has 30 heavy (non-hydrogen) atoms. The highest BCUT2D eigenvalue weighted by Gasteiger charge is 2.32. The number of carbonyl (C=O) groups excluding carboxylic acids is 1. The lowest BCUT2D eigenvalue weighted by Gasteiger charge is -2.27. The molecule has 2 aromatic heterocycles. The summed E-state index contributed by atoms with van der Waals surface area (Å²) >= 11 is 0. The normalized spacial score (nSPS) is 15.7. The summed E-state index contributed by atoms with van der Waals surface area (Å²) in [4.78, 5) is 17.3. The summed E-state index contributed by atoms with van der Waals surface area (Å²) in [6, 6.07) is 14.1. The molecular weight excluding hydrogens is 380 g/mol. The monoisotopic (exact) mass is 404 g/mol. The van der Waals surface area contributed by atoms with E-state index in [0.29, 0.717) is 24.7 Å². The number of furan rings is 1. The van der Waals surface area contributed by atoms with Crippen molar-refractivity contribution in [3.8, 4) is 5.75 Å². The number of hydrogen-bond donors (Lipinski definition) is 1. The van der Waals surface area contributed by atoms with Gasteiger partial charge in [-0.05, 0) is 19.9 Å². The molecule has 2 N–H and O–H groups in total. The lowest BCUT2D eigenvalue weighted by molar-refractivity contribution is -0.949. The molecule has 0 saturated heterocycles. The van der Waals surface area contributed by atoms with Crippen molar-refractivity contribution < 1.29 is 28.6 Å². The number of ether oxygens (including phenoxy) is 2. The number of quaternary nitrogens is 1. The second-order valence-electron chi connectivity index (χ2n) is 7.59. The number of aromatic amines is 1. The number of H-pyrrole nitrogens is 1. The highest BCUT2D eigenvalue weighted by atomic mass is 16.5. The topological polar surface area (TPSA) is 67.2 Å². The Balaban J connectivity index is 1.70. The quantitative estimate of drug-likeness (QED) is 0.531. The summed E-state index contributed by atoms with van der Waals surface area (Å²) in [5.41, 5.74) is 3.36. The van der Waals surface area contributed by atoms with Crippen molar-refractivity contribution in [3.05, 3.63) is 71.2 Å². The number of aromatic nitrogens is 1. The van der Waals surface area contributed by atoms with Crippen molar-refractivity contribution in [3.63, 3.8) is 0 Å². The van der Waals surface area contributed by atoms with Crippen molar-refractivity contribution in [1.82, 2.24) is 0 Å². The van der Waals surface area contributed by atoms with Crippen molar-refractivity contribution >= 4 is 27.7 Å². The zero-order valence-corrected chi connectivity index (χ0v) is 17.1. The van der Waals surface area contributed by atoms with Crippen LogP contribution in [0.15, 0.2) is 53.1 Å². The van der Waals surface area contributed by atoms with Gasteiger partial charge in [-0.1, -0.05) is 24.3 Å². The van der Waals surface area contributed by atoms with Crippen LogP contribution in [0.25, 0.3) is 21.7 Å². The molecule has 1 aliphatic rings. The number of pyridine rings is 1. The summed E-state index contributed by atoms with van der Waals surface area (Å²) in [6.45, 7) is 6.02. The molecule has 5 rings (SSSR count).